The van der Waals surface area contributed by atoms with Gasteiger partial charge in [0.05, 0.1) is 23.7 Å². The highest BCUT2D eigenvalue weighted by Crippen LogP contribution is 2.35. The van der Waals surface area contributed by atoms with E-state index in [9.17, 15) is 4.79 Å². The first-order chi connectivity index (χ1) is 15.3. The number of benzene rings is 1. The number of rotatable bonds is 3. The molecule has 0 amide bonds. The summed E-state index contributed by atoms with van der Waals surface area (Å²) in [7, 11) is 0. The Morgan fingerprint density at radius 3 is 2.68 bits per heavy atom. The monoisotopic (exact) mass is 416 g/mol. The molecule has 0 spiro atoms. The van der Waals surface area contributed by atoms with Crippen molar-refractivity contribution in [3.8, 4) is 11.1 Å². The SMILES string of the molecule is O=c1[nH]cnc2c(-c3ccc4c(c3)ncn4C3CCCCC3)cn([C@H]3CCCNC3)c12. The fourth-order valence-corrected chi connectivity index (χ4v) is 5.51. The van der Waals surface area contributed by atoms with Crippen LogP contribution in [0.4, 0.5) is 0 Å². The summed E-state index contributed by atoms with van der Waals surface area (Å²) in [5.74, 6) is 0. The highest BCUT2D eigenvalue weighted by atomic mass is 16.1. The second-order valence-corrected chi connectivity index (χ2v) is 9.03. The molecular weight excluding hydrogens is 388 g/mol. The van der Waals surface area contributed by atoms with E-state index in [2.05, 4.69) is 48.8 Å². The largest absolute Gasteiger partial charge is 0.337 e. The van der Waals surface area contributed by atoms with E-state index in [4.69, 9.17) is 4.98 Å². The smallest absolute Gasteiger partial charge is 0.275 e. The predicted molar refractivity (Wildman–Crippen MR) is 122 cm³/mol. The molecule has 1 aromatic carbocycles. The van der Waals surface area contributed by atoms with Crippen molar-refractivity contribution < 1.29 is 0 Å². The van der Waals surface area contributed by atoms with Gasteiger partial charge in [-0.2, -0.15) is 0 Å². The summed E-state index contributed by atoms with van der Waals surface area (Å²) in [6.07, 6.45) is 14.2. The Labute approximate surface area is 180 Å². The van der Waals surface area contributed by atoms with Crippen LogP contribution >= 0.6 is 0 Å². The van der Waals surface area contributed by atoms with Crippen molar-refractivity contribution in [1.82, 2.24) is 29.4 Å². The average Bonchev–Trinajstić information content (AvgIpc) is 3.42. The summed E-state index contributed by atoms with van der Waals surface area (Å²) in [5, 5.41) is 3.46. The summed E-state index contributed by atoms with van der Waals surface area (Å²) >= 11 is 0. The highest BCUT2D eigenvalue weighted by Gasteiger charge is 2.23. The molecule has 0 radical (unpaired) electrons. The molecule has 0 bridgehead atoms. The summed E-state index contributed by atoms with van der Waals surface area (Å²) in [6, 6.07) is 7.32. The molecule has 1 aliphatic heterocycles. The first-order valence-corrected chi connectivity index (χ1v) is 11.6. The van der Waals surface area contributed by atoms with Gasteiger partial charge in [0, 0.05) is 30.4 Å². The van der Waals surface area contributed by atoms with E-state index in [1.165, 1.54) is 43.9 Å². The summed E-state index contributed by atoms with van der Waals surface area (Å²) in [4.78, 5) is 24.8. The van der Waals surface area contributed by atoms with Gasteiger partial charge in [0.15, 0.2) is 0 Å². The van der Waals surface area contributed by atoms with E-state index < -0.39 is 0 Å². The van der Waals surface area contributed by atoms with Gasteiger partial charge in [0.1, 0.15) is 11.0 Å². The van der Waals surface area contributed by atoms with Crippen LogP contribution in [0.15, 0.2) is 41.8 Å². The number of fused-ring (bicyclic) bond motifs is 2. The van der Waals surface area contributed by atoms with Crippen LogP contribution in [0.25, 0.3) is 33.2 Å². The molecule has 1 aliphatic carbocycles. The Hall–Kier alpha value is -2.93. The Kier molecular flexibility index (Phi) is 4.64. The van der Waals surface area contributed by atoms with Crippen LogP contribution in [0.1, 0.15) is 57.0 Å². The standard InChI is InChI=1S/C24H28N6O/c31-24-23-22(26-14-27-24)19(13-29(23)18-7-4-10-25-12-18)16-8-9-21-20(11-16)28-15-30(21)17-5-2-1-3-6-17/h8-9,11,13-15,17-18,25H,1-7,10,12H2,(H,26,27,31)/t18-/m0/s1. The quantitative estimate of drug-likeness (QED) is 0.525. The predicted octanol–water partition coefficient (Wildman–Crippen LogP) is 4.17. The molecule has 4 aromatic rings. The molecule has 2 aliphatic rings. The number of piperidine rings is 1. The first kappa shape index (κ1) is 18.8. The van der Waals surface area contributed by atoms with Gasteiger partial charge < -0.3 is 19.4 Å². The van der Waals surface area contributed by atoms with E-state index in [0.717, 1.165) is 48.1 Å². The van der Waals surface area contributed by atoms with Crippen molar-refractivity contribution in [3.63, 3.8) is 0 Å². The fourth-order valence-electron chi connectivity index (χ4n) is 5.51. The number of H-pyrrole nitrogens is 1. The van der Waals surface area contributed by atoms with Crippen molar-refractivity contribution in [2.24, 2.45) is 0 Å². The summed E-state index contributed by atoms with van der Waals surface area (Å²) < 4.78 is 4.49. The molecule has 4 heterocycles. The molecular formula is C24H28N6O. The minimum Gasteiger partial charge on any atom is -0.337 e. The van der Waals surface area contributed by atoms with Gasteiger partial charge in [0.25, 0.3) is 5.56 Å². The topological polar surface area (TPSA) is 80.5 Å². The van der Waals surface area contributed by atoms with Crippen molar-refractivity contribution in [1.29, 1.82) is 0 Å². The van der Waals surface area contributed by atoms with E-state index in [1.807, 2.05) is 6.33 Å². The zero-order valence-electron chi connectivity index (χ0n) is 17.7. The molecule has 2 fully saturated rings. The zero-order valence-corrected chi connectivity index (χ0v) is 17.7. The van der Waals surface area contributed by atoms with Crippen molar-refractivity contribution in [3.05, 3.63) is 47.4 Å². The molecule has 3 aromatic heterocycles. The van der Waals surface area contributed by atoms with Crippen molar-refractivity contribution >= 4 is 22.1 Å². The lowest BCUT2D eigenvalue weighted by atomic mass is 9.95. The van der Waals surface area contributed by atoms with Crippen LogP contribution in [-0.4, -0.2) is 37.2 Å². The molecule has 6 rings (SSSR count). The maximum absolute atomic E-state index is 12.7. The summed E-state index contributed by atoms with van der Waals surface area (Å²) in [6.45, 7) is 1.92. The third-order valence-electron chi connectivity index (χ3n) is 7.13. The lowest BCUT2D eigenvalue weighted by Crippen LogP contribution is -2.32. The minimum atomic E-state index is -0.0792. The molecule has 0 unspecified atom stereocenters. The molecule has 7 nitrogen and oxygen atoms in total. The molecule has 7 heteroatoms. The van der Waals surface area contributed by atoms with Gasteiger partial charge >= 0.3 is 0 Å². The Bertz CT molecular complexity index is 1290. The third-order valence-corrected chi connectivity index (χ3v) is 7.13. The first-order valence-electron chi connectivity index (χ1n) is 11.6. The number of aromatic amines is 1. The van der Waals surface area contributed by atoms with Crippen LogP contribution < -0.4 is 10.9 Å². The van der Waals surface area contributed by atoms with Gasteiger partial charge in [-0.1, -0.05) is 25.3 Å². The van der Waals surface area contributed by atoms with Gasteiger partial charge in [0.2, 0.25) is 0 Å². The van der Waals surface area contributed by atoms with E-state index >= 15 is 0 Å². The Morgan fingerprint density at radius 2 is 1.84 bits per heavy atom. The maximum Gasteiger partial charge on any atom is 0.275 e. The number of hydrogen-bond acceptors (Lipinski definition) is 4. The van der Waals surface area contributed by atoms with Crippen LogP contribution in [0.3, 0.4) is 0 Å². The third kappa shape index (κ3) is 3.19. The number of hydrogen-bond donors (Lipinski definition) is 2. The van der Waals surface area contributed by atoms with Crippen LogP contribution in [0, 0.1) is 0 Å². The molecule has 1 atom stereocenters. The number of imidazole rings is 1. The van der Waals surface area contributed by atoms with E-state index in [1.54, 1.807) is 0 Å². The van der Waals surface area contributed by atoms with E-state index in [-0.39, 0.29) is 11.6 Å². The molecule has 31 heavy (non-hydrogen) atoms. The molecule has 2 N–H and O–H groups in total. The molecule has 1 saturated heterocycles. The highest BCUT2D eigenvalue weighted by molar-refractivity contribution is 5.95. The molecule has 160 valence electrons. The van der Waals surface area contributed by atoms with Gasteiger partial charge in [-0.05, 0) is 49.9 Å². The van der Waals surface area contributed by atoms with E-state index in [0.29, 0.717) is 11.6 Å². The second kappa shape index (κ2) is 7.64. The maximum atomic E-state index is 12.7. The zero-order chi connectivity index (χ0) is 20.8. The summed E-state index contributed by atoms with van der Waals surface area (Å²) in [5.41, 5.74) is 5.62. The lowest BCUT2D eigenvalue weighted by Gasteiger charge is -2.24. The normalized spacial score (nSPS) is 20.6. The van der Waals surface area contributed by atoms with Crippen LogP contribution in [-0.2, 0) is 0 Å². The van der Waals surface area contributed by atoms with Crippen LogP contribution in [0.2, 0.25) is 0 Å². The van der Waals surface area contributed by atoms with Gasteiger partial charge in [-0.3, -0.25) is 4.79 Å². The Balaban J connectivity index is 1.46. The van der Waals surface area contributed by atoms with Crippen LogP contribution in [0.5, 0.6) is 0 Å². The second-order valence-electron chi connectivity index (χ2n) is 9.03. The minimum absolute atomic E-state index is 0.0792. The number of nitrogens with zero attached hydrogens (tertiary/aromatic N) is 4. The number of aromatic nitrogens is 5. The molecule has 1 saturated carbocycles. The number of nitrogens with one attached hydrogen (secondary N) is 2. The average molecular weight is 417 g/mol. The lowest BCUT2D eigenvalue weighted by molar-refractivity contribution is 0.359. The Morgan fingerprint density at radius 1 is 0.968 bits per heavy atom. The van der Waals surface area contributed by atoms with Crippen molar-refractivity contribution in [2.75, 3.05) is 13.1 Å². The fraction of sp³-hybridized carbons (Fsp3) is 0.458. The van der Waals surface area contributed by atoms with Gasteiger partial charge in [-0.25, -0.2) is 9.97 Å². The van der Waals surface area contributed by atoms with Gasteiger partial charge in [-0.15, -0.1) is 0 Å². The van der Waals surface area contributed by atoms with Crippen molar-refractivity contribution in [2.45, 2.75) is 57.0 Å².